The van der Waals surface area contributed by atoms with Crippen LogP contribution in [0.15, 0.2) is 66.7 Å². The highest BCUT2D eigenvalue weighted by Crippen LogP contribution is 2.38. The second-order valence-electron chi connectivity index (χ2n) is 6.88. The SMILES string of the molecule is CC(=O)NC1NC(=O)c2c(NC(=O)c3ccccc3)ccc(-c3ccc(F)cc3)c21. The predicted octanol–water partition coefficient (Wildman–Crippen LogP) is 3.62. The van der Waals surface area contributed by atoms with Gasteiger partial charge in [-0.25, -0.2) is 4.39 Å². The molecule has 0 saturated carbocycles. The van der Waals surface area contributed by atoms with Crippen molar-refractivity contribution in [3.63, 3.8) is 0 Å². The van der Waals surface area contributed by atoms with Gasteiger partial charge in [0.2, 0.25) is 5.91 Å². The molecule has 4 rings (SSSR count). The molecular weight excluding hydrogens is 385 g/mol. The first-order valence-electron chi connectivity index (χ1n) is 9.31. The number of anilines is 1. The fourth-order valence-electron chi connectivity index (χ4n) is 3.52. The molecule has 0 aliphatic carbocycles. The first-order valence-corrected chi connectivity index (χ1v) is 9.31. The quantitative estimate of drug-likeness (QED) is 0.622. The maximum absolute atomic E-state index is 13.4. The molecule has 6 nitrogen and oxygen atoms in total. The molecule has 150 valence electrons. The van der Waals surface area contributed by atoms with E-state index in [1.807, 2.05) is 0 Å². The number of hydrogen-bond acceptors (Lipinski definition) is 3. The fraction of sp³-hybridized carbons (Fsp3) is 0.0870. The van der Waals surface area contributed by atoms with Crippen LogP contribution in [-0.2, 0) is 4.79 Å². The van der Waals surface area contributed by atoms with Gasteiger partial charge in [0.25, 0.3) is 11.8 Å². The number of halogens is 1. The first kappa shape index (κ1) is 19.3. The minimum absolute atomic E-state index is 0.264. The summed E-state index contributed by atoms with van der Waals surface area (Å²) in [4.78, 5) is 37.1. The van der Waals surface area contributed by atoms with Gasteiger partial charge in [-0.15, -0.1) is 0 Å². The van der Waals surface area contributed by atoms with Gasteiger partial charge in [0, 0.05) is 18.1 Å². The van der Waals surface area contributed by atoms with Crippen molar-refractivity contribution >= 4 is 23.4 Å². The van der Waals surface area contributed by atoms with Crippen molar-refractivity contribution in [2.24, 2.45) is 0 Å². The number of carbonyl (C=O) groups is 3. The van der Waals surface area contributed by atoms with Crippen molar-refractivity contribution in [3.05, 3.63) is 89.2 Å². The zero-order chi connectivity index (χ0) is 21.3. The van der Waals surface area contributed by atoms with Crippen molar-refractivity contribution < 1.29 is 18.8 Å². The third-order valence-corrected chi connectivity index (χ3v) is 4.82. The van der Waals surface area contributed by atoms with Gasteiger partial charge in [0.15, 0.2) is 0 Å². The van der Waals surface area contributed by atoms with Crippen molar-refractivity contribution in [2.75, 3.05) is 5.32 Å². The van der Waals surface area contributed by atoms with Gasteiger partial charge in [0.05, 0.1) is 11.3 Å². The average Bonchev–Trinajstić information content (AvgIpc) is 3.05. The second kappa shape index (κ2) is 7.79. The highest BCUT2D eigenvalue weighted by Gasteiger charge is 2.34. The minimum Gasteiger partial charge on any atom is -0.332 e. The lowest BCUT2D eigenvalue weighted by molar-refractivity contribution is -0.119. The maximum atomic E-state index is 13.4. The molecule has 1 unspecified atom stereocenters. The summed E-state index contributed by atoms with van der Waals surface area (Å²) in [7, 11) is 0. The Bertz CT molecular complexity index is 1140. The van der Waals surface area contributed by atoms with Crippen LogP contribution in [0.3, 0.4) is 0 Å². The van der Waals surface area contributed by atoms with Crippen LogP contribution in [0.5, 0.6) is 0 Å². The lowest BCUT2D eigenvalue weighted by atomic mass is 9.94. The van der Waals surface area contributed by atoms with Crippen LogP contribution in [0.4, 0.5) is 10.1 Å². The Morgan fingerprint density at radius 3 is 2.33 bits per heavy atom. The standard InChI is InChI=1S/C23H18FN3O3/c1-13(28)25-21-19-17(14-7-9-16(24)10-8-14)11-12-18(20(19)23(30)27-21)26-22(29)15-5-3-2-4-6-15/h2-12,21H,1H3,(H,25,28)(H,26,29)(H,27,30). The van der Waals surface area contributed by atoms with Gasteiger partial charge in [-0.2, -0.15) is 0 Å². The zero-order valence-corrected chi connectivity index (χ0v) is 16.0. The van der Waals surface area contributed by atoms with Gasteiger partial charge in [-0.3, -0.25) is 14.4 Å². The van der Waals surface area contributed by atoms with Crippen LogP contribution < -0.4 is 16.0 Å². The largest absolute Gasteiger partial charge is 0.332 e. The van der Waals surface area contributed by atoms with Gasteiger partial charge < -0.3 is 16.0 Å². The Morgan fingerprint density at radius 1 is 0.967 bits per heavy atom. The molecule has 0 aromatic heterocycles. The summed E-state index contributed by atoms with van der Waals surface area (Å²) in [5.74, 6) is -1.48. The molecule has 1 aliphatic heterocycles. The van der Waals surface area contributed by atoms with E-state index in [4.69, 9.17) is 0 Å². The van der Waals surface area contributed by atoms with Crippen LogP contribution >= 0.6 is 0 Å². The number of nitrogens with one attached hydrogen (secondary N) is 3. The highest BCUT2D eigenvalue weighted by molar-refractivity contribution is 6.12. The maximum Gasteiger partial charge on any atom is 0.255 e. The number of fused-ring (bicyclic) bond motifs is 1. The molecule has 0 bridgehead atoms. The van der Waals surface area contributed by atoms with Crippen LogP contribution in [0.2, 0.25) is 0 Å². The summed E-state index contributed by atoms with van der Waals surface area (Å²) in [6, 6.07) is 17.8. The molecule has 3 aromatic rings. The summed E-state index contributed by atoms with van der Waals surface area (Å²) in [5, 5.41) is 8.21. The molecule has 0 fully saturated rings. The molecule has 3 aromatic carbocycles. The molecule has 3 N–H and O–H groups in total. The van der Waals surface area contributed by atoms with Crippen LogP contribution in [0, 0.1) is 5.82 Å². The van der Waals surface area contributed by atoms with Crippen molar-refractivity contribution in [1.29, 1.82) is 0 Å². The van der Waals surface area contributed by atoms with Crippen LogP contribution in [0.25, 0.3) is 11.1 Å². The molecule has 0 radical (unpaired) electrons. The van der Waals surface area contributed by atoms with Crippen molar-refractivity contribution in [1.82, 2.24) is 10.6 Å². The van der Waals surface area contributed by atoms with E-state index in [-0.39, 0.29) is 23.2 Å². The molecule has 1 heterocycles. The Morgan fingerprint density at radius 2 is 1.67 bits per heavy atom. The summed E-state index contributed by atoms with van der Waals surface area (Å²) >= 11 is 0. The smallest absolute Gasteiger partial charge is 0.255 e. The molecule has 0 spiro atoms. The van der Waals surface area contributed by atoms with E-state index in [0.717, 1.165) is 0 Å². The number of amides is 3. The van der Waals surface area contributed by atoms with Crippen LogP contribution in [-0.4, -0.2) is 17.7 Å². The normalized spacial score (nSPS) is 14.6. The fourth-order valence-corrected chi connectivity index (χ4v) is 3.52. The summed E-state index contributed by atoms with van der Waals surface area (Å²) in [5.41, 5.74) is 2.90. The average molecular weight is 403 g/mol. The minimum atomic E-state index is -0.765. The summed E-state index contributed by atoms with van der Waals surface area (Å²) < 4.78 is 13.4. The van der Waals surface area contributed by atoms with Crippen molar-refractivity contribution in [3.8, 4) is 11.1 Å². The molecule has 7 heteroatoms. The molecule has 3 amide bonds. The summed E-state index contributed by atoms with van der Waals surface area (Å²) in [6.45, 7) is 1.35. The molecule has 30 heavy (non-hydrogen) atoms. The lowest BCUT2D eigenvalue weighted by Gasteiger charge is -2.18. The third kappa shape index (κ3) is 3.65. The zero-order valence-electron chi connectivity index (χ0n) is 16.0. The van der Waals surface area contributed by atoms with Crippen LogP contribution in [0.1, 0.15) is 39.4 Å². The molecule has 0 saturated heterocycles. The molecule has 1 aliphatic rings. The molecular formula is C23H18FN3O3. The van der Waals surface area contributed by atoms with E-state index in [0.29, 0.717) is 27.9 Å². The van der Waals surface area contributed by atoms with E-state index < -0.39 is 12.1 Å². The lowest BCUT2D eigenvalue weighted by Crippen LogP contribution is -2.34. The van der Waals surface area contributed by atoms with E-state index in [2.05, 4.69) is 16.0 Å². The third-order valence-electron chi connectivity index (χ3n) is 4.82. The first-order chi connectivity index (χ1) is 14.4. The number of carbonyl (C=O) groups excluding carboxylic acids is 3. The van der Waals surface area contributed by atoms with Gasteiger partial charge in [-0.1, -0.05) is 36.4 Å². The Labute approximate surface area is 172 Å². The van der Waals surface area contributed by atoms with E-state index in [1.54, 1.807) is 54.6 Å². The van der Waals surface area contributed by atoms with E-state index in [9.17, 15) is 18.8 Å². The number of hydrogen-bond donors (Lipinski definition) is 3. The van der Waals surface area contributed by atoms with Crippen molar-refractivity contribution in [2.45, 2.75) is 13.1 Å². The van der Waals surface area contributed by atoms with E-state index >= 15 is 0 Å². The highest BCUT2D eigenvalue weighted by atomic mass is 19.1. The predicted molar refractivity (Wildman–Crippen MR) is 110 cm³/mol. The Balaban J connectivity index is 1.81. The van der Waals surface area contributed by atoms with Gasteiger partial charge >= 0.3 is 0 Å². The Hall–Kier alpha value is -4.00. The second-order valence-corrected chi connectivity index (χ2v) is 6.88. The number of benzene rings is 3. The van der Waals surface area contributed by atoms with Gasteiger partial charge in [0.1, 0.15) is 12.0 Å². The number of rotatable bonds is 4. The summed E-state index contributed by atoms with van der Waals surface area (Å²) in [6.07, 6.45) is -0.765. The monoisotopic (exact) mass is 403 g/mol. The molecule has 1 atom stereocenters. The van der Waals surface area contributed by atoms with E-state index in [1.165, 1.54) is 19.1 Å². The topological polar surface area (TPSA) is 87.3 Å². The Kier molecular flexibility index (Phi) is 5.02. The van der Waals surface area contributed by atoms with Gasteiger partial charge in [-0.05, 0) is 41.5 Å².